The average Bonchev–Trinajstić information content (AvgIpc) is 2.80. The summed E-state index contributed by atoms with van der Waals surface area (Å²) in [5.41, 5.74) is 3.15. The van der Waals surface area contributed by atoms with Gasteiger partial charge in [0.2, 0.25) is 5.91 Å². The largest absolute Gasteiger partial charge is 0.497 e. The zero-order valence-electron chi connectivity index (χ0n) is 16.9. The smallest absolute Gasteiger partial charge is 0.254 e. The standard InChI is InChI=1S/C24H23N3O3/c1-27-22(17-7-9-18(30-2)10-8-17)21(19-5-3-4-6-20(19)24(27)29)23(28)26-15-16-11-13-25-14-12-16/h3-14,21-22H,15H2,1-2H3,(H,26,28). The van der Waals surface area contributed by atoms with Crippen LogP contribution in [0.1, 0.15) is 39.0 Å². The lowest BCUT2D eigenvalue weighted by Crippen LogP contribution is -2.45. The number of hydrogen-bond acceptors (Lipinski definition) is 4. The van der Waals surface area contributed by atoms with Gasteiger partial charge in [0.05, 0.1) is 19.1 Å². The number of hydrogen-bond donors (Lipinski definition) is 1. The molecule has 2 unspecified atom stereocenters. The number of carbonyl (C=O) groups is 2. The van der Waals surface area contributed by atoms with E-state index in [0.717, 1.165) is 22.4 Å². The first kappa shape index (κ1) is 19.6. The Morgan fingerprint density at radius 3 is 2.47 bits per heavy atom. The van der Waals surface area contributed by atoms with Gasteiger partial charge >= 0.3 is 0 Å². The lowest BCUT2D eigenvalue weighted by molar-refractivity contribution is -0.124. The van der Waals surface area contributed by atoms with Crippen molar-refractivity contribution in [2.75, 3.05) is 14.2 Å². The molecule has 0 spiro atoms. The van der Waals surface area contributed by atoms with Crippen LogP contribution in [0.4, 0.5) is 0 Å². The number of fused-ring (bicyclic) bond motifs is 1. The van der Waals surface area contributed by atoms with Gasteiger partial charge in [-0.25, -0.2) is 0 Å². The van der Waals surface area contributed by atoms with Crippen LogP contribution in [0.3, 0.4) is 0 Å². The van der Waals surface area contributed by atoms with Crippen LogP contribution in [0.2, 0.25) is 0 Å². The van der Waals surface area contributed by atoms with E-state index in [1.807, 2.05) is 54.6 Å². The molecule has 1 N–H and O–H groups in total. The SMILES string of the molecule is COc1ccc(C2C(C(=O)NCc3ccncc3)c3ccccc3C(=O)N2C)cc1. The summed E-state index contributed by atoms with van der Waals surface area (Å²) in [6, 6.07) is 18.2. The van der Waals surface area contributed by atoms with Gasteiger partial charge < -0.3 is 15.0 Å². The number of likely N-dealkylation sites (N-methyl/N-ethyl adjacent to an activating group) is 1. The maximum atomic E-state index is 13.4. The van der Waals surface area contributed by atoms with Gasteiger partial charge in [-0.3, -0.25) is 14.6 Å². The van der Waals surface area contributed by atoms with Crippen molar-refractivity contribution in [3.05, 3.63) is 95.3 Å². The van der Waals surface area contributed by atoms with Crippen LogP contribution in [0.15, 0.2) is 73.1 Å². The maximum Gasteiger partial charge on any atom is 0.254 e. The summed E-state index contributed by atoms with van der Waals surface area (Å²) < 4.78 is 5.26. The Hall–Kier alpha value is -3.67. The van der Waals surface area contributed by atoms with Crippen molar-refractivity contribution in [1.82, 2.24) is 15.2 Å². The van der Waals surface area contributed by atoms with Gasteiger partial charge in [0.1, 0.15) is 5.75 Å². The normalized spacial score (nSPS) is 17.9. The zero-order chi connectivity index (χ0) is 21.1. The van der Waals surface area contributed by atoms with Crippen LogP contribution in [0.5, 0.6) is 5.75 Å². The number of nitrogens with zero attached hydrogens (tertiary/aromatic N) is 2. The van der Waals surface area contributed by atoms with Gasteiger partial charge in [-0.15, -0.1) is 0 Å². The molecular weight excluding hydrogens is 378 g/mol. The fourth-order valence-electron chi connectivity index (χ4n) is 3.97. The molecular formula is C24H23N3O3. The van der Waals surface area contributed by atoms with Crippen LogP contribution in [-0.4, -0.2) is 35.9 Å². The van der Waals surface area contributed by atoms with Gasteiger partial charge in [-0.05, 0) is 47.0 Å². The van der Waals surface area contributed by atoms with Crippen molar-refractivity contribution in [2.45, 2.75) is 18.5 Å². The molecule has 1 aliphatic rings. The first-order valence-corrected chi connectivity index (χ1v) is 9.77. The molecule has 3 aromatic rings. The second kappa shape index (κ2) is 8.37. The average molecular weight is 401 g/mol. The van der Waals surface area contributed by atoms with Crippen LogP contribution in [0.25, 0.3) is 0 Å². The van der Waals surface area contributed by atoms with Gasteiger partial charge in [-0.1, -0.05) is 30.3 Å². The van der Waals surface area contributed by atoms with E-state index in [0.29, 0.717) is 12.1 Å². The topological polar surface area (TPSA) is 71.5 Å². The third-order valence-corrected chi connectivity index (χ3v) is 5.54. The van der Waals surface area contributed by atoms with Crippen molar-refractivity contribution in [3.63, 3.8) is 0 Å². The fraction of sp³-hybridized carbons (Fsp3) is 0.208. The van der Waals surface area contributed by atoms with Gasteiger partial charge in [0.25, 0.3) is 5.91 Å². The molecule has 0 saturated carbocycles. The predicted octanol–water partition coefficient (Wildman–Crippen LogP) is 3.32. The summed E-state index contributed by atoms with van der Waals surface area (Å²) in [6.07, 6.45) is 3.40. The molecule has 1 aliphatic heterocycles. The molecule has 30 heavy (non-hydrogen) atoms. The first-order chi connectivity index (χ1) is 14.6. The van der Waals surface area contributed by atoms with E-state index in [1.54, 1.807) is 37.5 Å². The Morgan fingerprint density at radius 2 is 1.77 bits per heavy atom. The summed E-state index contributed by atoms with van der Waals surface area (Å²) in [7, 11) is 3.35. The molecule has 2 amide bonds. The summed E-state index contributed by atoms with van der Waals surface area (Å²) in [4.78, 5) is 32.1. The van der Waals surface area contributed by atoms with Crippen LogP contribution < -0.4 is 10.1 Å². The molecule has 1 aromatic heterocycles. The number of aromatic nitrogens is 1. The lowest BCUT2D eigenvalue weighted by Gasteiger charge is -2.39. The predicted molar refractivity (Wildman–Crippen MR) is 113 cm³/mol. The van der Waals surface area contributed by atoms with Gasteiger partial charge in [-0.2, -0.15) is 0 Å². The molecule has 6 heteroatoms. The van der Waals surface area contributed by atoms with Crippen LogP contribution in [0, 0.1) is 0 Å². The number of methoxy groups -OCH3 is 1. The highest BCUT2D eigenvalue weighted by atomic mass is 16.5. The molecule has 6 nitrogen and oxygen atoms in total. The Labute approximate surface area is 175 Å². The summed E-state index contributed by atoms with van der Waals surface area (Å²) in [5, 5.41) is 3.04. The zero-order valence-corrected chi connectivity index (χ0v) is 16.9. The van der Waals surface area contributed by atoms with E-state index in [9.17, 15) is 9.59 Å². The highest BCUT2D eigenvalue weighted by molar-refractivity contribution is 6.01. The molecule has 0 saturated heterocycles. The second-order valence-electron chi connectivity index (χ2n) is 7.27. The second-order valence-corrected chi connectivity index (χ2v) is 7.27. The molecule has 0 aliphatic carbocycles. The number of amides is 2. The Balaban J connectivity index is 1.72. The number of benzene rings is 2. The Morgan fingerprint density at radius 1 is 1.07 bits per heavy atom. The number of ether oxygens (including phenoxy) is 1. The molecule has 0 fully saturated rings. The third kappa shape index (κ3) is 3.64. The maximum absolute atomic E-state index is 13.4. The monoisotopic (exact) mass is 401 g/mol. The van der Waals surface area contributed by atoms with E-state index in [-0.39, 0.29) is 11.8 Å². The van der Waals surface area contributed by atoms with Crippen molar-refractivity contribution in [2.24, 2.45) is 0 Å². The van der Waals surface area contributed by atoms with Crippen molar-refractivity contribution in [1.29, 1.82) is 0 Å². The van der Waals surface area contributed by atoms with E-state index >= 15 is 0 Å². The first-order valence-electron chi connectivity index (χ1n) is 9.77. The number of pyridine rings is 1. The molecule has 2 aromatic carbocycles. The Bertz CT molecular complexity index is 1050. The van der Waals surface area contributed by atoms with Crippen LogP contribution >= 0.6 is 0 Å². The summed E-state index contributed by atoms with van der Waals surface area (Å²) in [6.45, 7) is 0.396. The minimum atomic E-state index is -0.529. The third-order valence-electron chi connectivity index (χ3n) is 5.54. The molecule has 0 bridgehead atoms. The van der Waals surface area contributed by atoms with Crippen molar-refractivity contribution < 1.29 is 14.3 Å². The van der Waals surface area contributed by atoms with Gasteiger partial charge in [0, 0.05) is 31.5 Å². The number of rotatable bonds is 5. The summed E-state index contributed by atoms with van der Waals surface area (Å²) >= 11 is 0. The molecule has 2 atom stereocenters. The highest BCUT2D eigenvalue weighted by Crippen LogP contribution is 2.42. The molecule has 2 heterocycles. The number of nitrogens with one attached hydrogen (secondary N) is 1. The Kier molecular flexibility index (Phi) is 5.48. The molecule has 152 valence electrons. The van der Waals surface area contributed by atoms with E-state index in [2.05, 4.69) is 10.3 Å². The highest BCUT2D eigenvalue weighted by Gasteiger charge is 2.42. The minimum absolute atomic E-state index is 0.0930. The minimum Gasteiger partial charge on any atom is -0.497 e. The van der Waals surface area contributed by atoms with E-state index in [4.69, 9.17) is 4.74 Å². The number of carbonyl (C=O) groups excluding carboxylic acids is 2. The fourth-order valence-corrected chi connectivity index (χ4v) is 3.97. The van der Waals surface area contributed by atoms with Crippen LogP contribution in [-0.2, 0) is 11.3 Å². The molecule has 0 radical (unpaired) electrons. The summed E-state index contributed by atoms with van der Waals surface area (Å²) in [5.74, 6) is -0.0224. The van der Waals surface area contributed by atoms with E-state index in [1.165, 1.54) is 0 Å². The van der Waals surface area contributed by atoms with Gasteiger partial charge in [0.15, 0.2) is 0 Å². The molecule has 4 rings (SSSR count). The van der Waals surface area contributed by atoms with Crippen molar-refractivity contribution in [3.8, 4) is 5.75 Å². The van der Waals surface area contributed by atoms with E-state index < -0.39 is 12.0 Å². The lowest BCUT2D eigenvalue weighted by atomic mass is 9.79. The quantitative estimate of drug-likeness (QED) is 0.712. The van der Waals surface area contributed by atoms with Crippen molar-refractivity contribution >= 4 is 11.8 Å².